The van der Waals surface area contributed by atoms with Crippen molar-refractivity contribution < 1.29 is 0 Å². The fourth-order valence-electron chi connectivity index (χ4n) is 2.80. The number of nitrogens with zero attached hydrogens (tertiary/aromatic N) is 1. The second kappa shape index (κ2) is 7.66. The van der Waals surface area contributed by atoms with Gasteiger partial charge in [0.2, 0.25) is 0 Å². The van der Waals surface area contributed by atoms with E-state index in [9.17, 15) is 0 Å². The maximum atomic E-state index is 6.43. The van der Waals surface area contributed by atoms with Crippen molar-refractivity contribution >= 4 is 0 Å². The summed E-state index contributed by atoms with van der Waals surface area (Å²) < 4.78 is 0. The summed E-state index contributed by atoms with van der Waals surface area (Å²) in [5.41, 5.74) is 7.92. The molecule has 0 bridgehead atoms. The van der Waals surface area contributed by atoms with Crippen LogP contribution in [-0.4, -0.2) is 29.6 Å². The lowest BCUT2D eigenvalue weighted by atomic mass is 9.88. The summed E-state index contributed by atoms with van der Waals surface area (Å²) in [6, 6.07) is 10.9. The van der Waals surface area contributed by atoms with Gasteiger partial charge in [0.15, 0.2) is 0 Å². The number of rotatable bonds is 8. The maximum Gasteiger partial charge on any atom is 0.0303 e. The number of hydrogen-bond acceptors (Lipinski definition) is 2. The molecule has 0 saturated carbocycles. The largest absolute Gasteiger partial charge is 0.326 e. The van der Waals surface area contributed by atoms with Crippen LogP contribution in [0.3, 0.4) is 0 Å². The molecule has 0 aliphatic rings. The molecule has 0 spiro atoms. The zero-order valence-corrected chi connectivity index (χ0v) is 13.0. The predicted octanol–water partition coefficient (Wildman–Crippen LogP) is 3.46. The van der Waals surface area contributed by atoms with Gasteiger partial charge in [-0.15, -0.1) is 0 Å². The smallest absolute Gasteiger partial charge is 0.0303 e. The normalized spacial score (nSPS) is 13.8. The zero-order chi connectivity index (χ0) is 14.3. The Morgan fingerprint density at radius 1 is 1.11 bits per heavy atom. The van der Waals surface area contributed by atoms with Crippen LogP contribution in [0.2, 0.25) is 0 Å². The van der Waals surface area contributed by atoms with Crippen LogP contribution in [0.15, 0.2) is 30.3 Å². The molecule has 0 saturated heterocycles. The standard InChI is InChI=1S/C17H30N2/c1-5-19(6-2)17(3,4)16(18)14-10-13-15-11-8-7-9-12-15/h7-9,11-12,16H,5-6,10,13-14,18H2,1-4H3. The predicted molar refractivity (Wildman–Crippen MR) is 84.4 cm³/mol. The van der Waals surface area contributed by atoms with E-state index in [0.29, 0.717) is 0 Å². The SMILES string of the molecule is CCN(CC)C(C)(C)C(N)CCCc1ccccc1. The highest BCUT2D eigenvalue weighted by Crippen LogP contribution is 2.21. The van der Waals surface area contributed by atoms with Gasteiger partial charge in [-0.2, -0.15) is 0 Å². The third-order valence-electron chi connectivity index (χ3n) is 4.31. The van der Waals surface area contributed by atoms with E-state index >= 15 is 0 Å². The molecule has 0 fully saturated rings. The molecule has 19 heavy (non-hydrogen) atoms. The molecule has 0 aromatic heterocycles. The van der Waals surface area contributed by atoms with Gasteiger partial charge in [0.1, 0.15) is 0 Å². The molecule has 1 aromatic rings. The number of hydrogen-bond donors (Lipinski definition) is 1. The minimum atomic E-state index is 0.0835. The Hall–Kier alpha value is -0.860. The van der Waals surface area contributed by atoms with E-state index in [-0.39, 0.29) is 11.6 Å². The van der Waals surface area contributed by atoms with E-state index in [4.69, 9.17) is 5.73 Å². The minimum absolute atomic E-state index is 0.0835. The van der Waals surface area contributed by atoms with Crippen molar-refractivity contribution in [1.29, 1.82) is 0 Å². The van der Waals surface area contributed by atoms with E-state index in [0.717, 1.165) is 32.4 Å². The van der Waals surface area contributed by atoms with Crippen molar-refractivity contribution in [3.63, 3.8) is 0 Å². The van der Waals surface area contributed by atoms with Gasteiger partial charge in [-0.25, -0.2) is 0 Å². The molecule has 108 valence electrons. The topological polar surface area (TPSA) is 29.3 Å². The highest BCUT2D eigenvalue weighted by atomic mass is 15.2. The third-order valence-corrected chi connectivity index (χ3v) is 4.31. The van der Waals surface area contributed by atoms with E-state index < -0.39 is 0 Å². The lowest BCUT2D eigenvalue weighted by Crippen LogP contribution is -2.55. The van der Waals surface area contributed by atoms with Crippen LogP contribution >= 0.6 is 0 Å². The monoisotopic (exact) mass is 262 g/mol. The van der Waals surface area contributed by atoms with Gasteiger partial charge in [0, 0.05) is 11.6 Å². The Balaban J connectivity index is 2.44. The summed E-state index contributed by atoms with van der Waals surface area (Å²) in [6.45, 7) is 11.1. The summed E-state index contributed by atoms with van der Waals surface area (Å²) >= 11 is 0. The van der Waals surface area contributed by atoms with Crippen LogP contribution in [-0.2, 0) is 6.42 Å². The average molecular weight is 262 g/mol. The lowest BCUT2D eigenvalue weighted by Gasteiger charge is -2.42. The van der Waals surface area contributed by atoms with Crippen molar-refractivity contribution in [2.24, 2.45) is 5.73 Å². The van der Waals surface area contributed by atoms with Gasteiger partial charge in [-0.3, -0.25) is 4.90 Å². The second-order valence-electron chi connectivity index (χ2n) is 5.81. The molecule has 0 radical (unpaired) electrons. The molecule has 2 nitrogen and oxygen atoms in total. The number of likely N-dealkylation sites (N-methyl/N-ethyl adjacent to an activating group) is 1. The Labute approximate surface area is 119 Å². The summed E-state index contributed by atoms with van der Waals surface area (Å²) in [5.74, 6) is 0. The molecule has 1 rings (SSSR count). The highest BCUT2D eigenvalue weighted by molar-refractivity contribution is 5.14. The van der Waals surface area contributed by atoms with Gasteiger partial charge in [-0.05, 0) is 51.8 Å². The number of aryl methyl sites for hydroxylation is 1. The molecule has 0 aliphatic heterocycles. The molecule has 0 heterocycles. The molecular formula is C17H30N2. The van der Waals surface area contributed by atoms with E-state index in [1.165, 1.54) is 5.56 Å². The maximum absolute atomic E-state index is 6.43. The first kappa shape index (κ1) is 16.2. The van der Waals surface area contributed by atoms with Crippen LogP contribution in [0, 0.1) is 0 Å². The van der Waals surface area contributed by atoms with Crippen molar-refractivity contribution in [3.8, 4) is 0 Å². The molecule has 1 atom stereocenters. The molecule has 2 N–H and O–H groups in total. The van der Waals surface area contributed by atoms with Gasteiger partial charge >= 0.3 is 0 Å². The summed E-state index contributed by atoms with van der Waals surface area (Å²) in [6.07, 6.45) is 3.37. The molecule has 0 amide bonds. The number of benzene rings is 1. The Morgan fingerprint density at radius 3 is 2.21 bits per heavy atom. The van der Waals surface area contributed by atoms with Crippen LogP contribution in [0.4, 0.5) is 0 Å². The van der Waals surface area contributed by atoms with E-state index in [1.807, 2.05) is 0 Å². The second-order valence-corrected chi connectivity index (χ2v) is 5.81. The Bertz CT molecular complexity index is 342. The Kier molecular flexibility index (Phi) is 6.53. The van der Waals surface area contributed by atoms with Crippen molar-refractivity contribution in [2.75, 3.05) is 13.1 Å². The number of nitrogens with two attached hydrogens (primary N) is 1. The fourth-order valence-corrected chi connectivity index (χ4v) is 2.80. The first-order chi connectivity index (χ1) is 9.02. The fraction of sp³-hybridized carbons (Fsp3) is 0.647. The van der Waals surface area contributed by atoms with Crippen molar-refractivity contribution in [1.82, 2.24) is 4.90 Å². The van der Waals surface area contributed by atoms with Crippen molar-refractivity contribution in [2.45, 2.75) is 58.5 Å². The lowest BCUT2D eigenvalue weighted by molar-refractivity contribution is 0.102. The van der Waals surface area contributed by atoms with E-state index in [2.05, 4.69) is 62.9 Å². The molecular weight excluding hydrogens is 232 g/mol. The molecule has 1 unspecified atom stereocenters. The molecule has 0 aliphatic carbocycles. The summed E-state index contributed by atoms with van der Waals surface area (Å²) in [4.78, 5) is 2.46. The average Bonchev–Trinajstić information content (AvgIpc) is 2.41. The quantitative estimate of drug-likeness (QED) is 0.777. The summed E-state index contributed by atoms with van der Waals surface area (Å²) in [7, 11) is 0. The zero-order valence-electron chi connectivity index (χ0n) is 13.0. The minimum Gasteiger partial charge on any atom is -0.326 e. The van der Waals surface area contributed by atoms with Crippen molar-refractivity contribution in [3.05, 3.63) is 35.9 Å². The third kappa shape index (κ3) is 4.63. The van der Waals surface area contributed by atoms with Crippen LogP contribution in [0.25, 0.3) is 0 Å². The van der Waals surface area contributed by atoms with E-state index in [1.54, 1.807) is 0 Å². The van der Waals surface area contributed by atoms with Gasteiger partial charge in [0.05, 0.1) is 0 Å². The molecule has 2 heteroatoms. The van der Waals surface area contributed by atoms with Crippen LogP contribution in [0.1, 0.15) is 46.1 Å². The van der Waals surface area contributed by atoms with Crippen LogP contribution < -0.4 is 5.73 Å². The first-order valence-corrected chi connectivity index (χ1v) is 7.56. The van der Waals surface area contributed by atoms with Gasteiger partial charge in [0.25, 0.3) is 0 Å². The Morgan fingerprint density at radius 2 is 1.68 bits per heavy atom. The first-order valence-electron chi connectivity index (χ1n) is 7.56. The van der Waals surface area contributed by atoms with Crippen LogP contribution in [0.5, 0.6) is 0 Å². The highest BCUT2D eigenvalue weighted by Gasteiger charge is 2.30. The molecule has 1 aromatic carbocycles. The van der Waals surface area contributed by atoms with Gasteiger partial charge < -0.3 is 5.73 Å². The van der Waals surface area contributed by atoms with Gasteiger partial charge in [-0.1, -0.05) is 44.2 Å². The summed E-state index contributed by atoms with van der Waals surface area (Å²) in [5, 5.41) is 0.